The molecule has 1 unspecified atom stereocenters. The van der Waals surface area contributed by atoms with E-state index in [1.54, 1.807) is 49.6 Å². The Balaban J connectivity index is 1.58. The lowest BCUT2D eigenvalue weighted by molar-refractivity contribution is -0.140. The zero-order valence-electron chi connectivity index (χ0n) is 22.9. The molecule has 4 aromatic carbocycles. The predicted octanol–water partition coefficient (Wildman–Crippen LogP) is 6.29. The molecule has 1 aliphatic rings. The van der Waals surface area contributed by atoms with Crippen LogP contribution >= 0.6 is 0 Å². The molecule has 0 aliphatic carbocycles. The summed E-state index contributed by atoms with van der Waals surface area (Å²) in [6.07, 6.45) is 0. The van der Waals surface area contributed by atoms with Crippen LogP contribution in [0.15, 0.2) is 109 Å². The average molecular weight is 550 g/mol. The Morgan fingerprint density at radius 2 is 1.46 bits per heavy atom. The van der Waals surface area contributed by atoms with Crippen molar-refractivity contribution < 1.29 is 28.9 Å². The Morgan fingerprint density at radius 3 is 2.10 bits per heavy atom. The molecular formula is C34H31NO6. The van der Waals surface area contributed by atoms with Crippen LogP contribution in [-0.2, 0) is 22.7 Å². The molecule has 1 amide bonds. The van der Waals surface area contributed by atoms with Crippen molar-refractivity contribution in [3.8, 4) is 17.2 Å². The number of nitrogens with zero attached hydrogens (tertiary/aromatic N) is 1. The second-order valence-electron chi connectivity index (χ2n) is 9.55. The number of carbonyl (C=O) groups is 2. The summed E-state index contributed by atoms with van der Waals surface area (Å²) in [4.78, 5) is 28.4. The molecule has 41 heavy (non-hydrogen) atoms. The monoisotopic (exact) mass is 549 g/mol. The molecule has 1 fully saturated rings. The van der Waals surface area contributed by atoms with Crippen LogP contribution in [0.2, 0.25) is 0 Å². The first-order chi connectivity index (χ1) is 20.0. The Kier molecular flexibility index (Phi) is 8.34. The Labute approximate surface area is 239 Å². The minimum absolute atomic E-state index is 0.0106. The molecule has 1 aliphatic heterocycles. The van der Waals surface area contributed by atoms with Crippen molar-refractivity contribution in [1.29, 1.82) is 0 Å². The van der Waals surface area contributed by atoms with Gasteiger partial charge in [0, 0.05) is 12.1 Å². The number of rotatable bonds is 10. The first-order valence-corrected chi connectivity index (χ1v) is 13.4. The Hall–Kier alpha value is -5.04. The van der Waals surface area contributed by atoms with Gasteiger partial charge in [-0.25, -0.2) is 0 Å². The summed E-state index contributed by atoms with van der Waals surface area (Å²) in [5.41, 5.74) is 2.90. The van der Waals surface area contributed by atoms with E-state index in [0.717, 1.165) is 11.1 Å². The summed E-state index contributed by atoms with van der Waals surface area (Å²) in [7, 11) is 1.55. The minimum Gasteiger partial charge on any atom is -0.507 e. The third kappa shape index (κ3) is 5.94. The summed E-state index contributed by atoms with van der Waals surface area (Å²) in [6, 6.07) is 30.4. The van der Waals surface area contributed by atoms with Crippen molar-refractivity contribution >= 4 is 17.4 Å². The van der Waals surface area contributed by atoms with E-state index in [4.69, 9.17) is 14.2 Å². The fourth-order valence-corrected chi connectivity index (χ4v) is 4.89. The van der Waals surface area contributed by atoms with Crippen molar-refractivity contribution in [1.82, 2.24) is 4.90 Å². The zero-order valence-corrected chi connectivity index (χ0v) is 22.9. The molecule has 4 aromatic rings. The highest BCUT2D eigenvalue weighted by molar-refractivity contribution is 6.46. The zero-order chi connectivity index (χ0) is 28.8. The predicted molar refractivity (Wildman–Crippen MR) is 156 cm³/mol. The number of ether oxygens (including phenoxy) is 3. The quantitative estimate of drug-likeness (QED) is 0.142. The SMILES string of the molecule is CCOc1cc(C2C(=C(O)c3ccc(OC)cc3)C(=O)C(=O)N2Cc2ccccc2)ccc1OCc1ccccc1. The molecule has 7 nitrogen and oxygen atoms in total. The Morgan fingerprint density at radius 1 is 0.805 bits per heavy atom. The number of benzene rings is 4. The lowest BCUT2D eigenvalue weighted by Gasteiger charge is -2.26. The second-order valence-corrected chi connectivity index (χ2v) is 9.55. The van der Waals surface area contributed by atoms with E-state index in [1.807, 2.05) is 67.6 Å². The largest absolute Gasteiger partial charge is 0.507 e. The van der Waals surface area contributed by atoms with Gasteiger partial charge in [0.1, 0.15) is 18.1 Å². The van der Waals surface area contributed by atoms with E-state index < -0.39 is 17.7 Å². The fourth-order valence-electron chi connectivity index (χ4n) is 4.89. The van der Waals surface area contributed by atoms with Gasteiger partial charge in [-0.1, -0.05) is 66.7 Å². The van der Waals surface area contributed by atoms with Gasteiger partial charge < -0.3 is 24.2 Å². The molecule has 0 spiro atoms. The summed E-state index contributed by atoms with van der Waals surface area (Å²) >= 11 is 0. The first-order valence-electron chi connectivity index (χ1n) is 13.4. The number of amides is 1. The maximum Gasteiger partial charge on any atom is 0.295 e. The van der Waals surface area contributed by atoms with E-state index >= 15 is 0 Å². The number of ketones is 1. The van der Waals surface area contributed by atoms with Gasteiger partial charge in [0.25, 0.3) is 11.7 Å². The van der Waals surface area contributed by atoms with E-state index in [2.05, 4.69) is 0 Å². The number of methoxy groups -OCH3 is 1. The maximum absolute atomic E-state index is 13.5. The molecule has 0 aromatic heterocycles. The van der Waals surface area contributed by atoms with Crippen molar-refractivity contribution in [3.05, 3.63) is 131 Å². The normalized spacial score (nSPS) is 16.0. The van der Waals surface area contributed by atoms with Gasteiger partial charge in [0.15, 0.2) is 11.5 Å². The van der Waals surface area contributed by atoms with E-state index in [1.165, 1.54) is 4.90 Å². The van der Waals surface area contributed by atoms with Crippen LogP contribution in [0.3, 0.4) is 0 Å². The van der Waals surface area contributed by atoms with Gasteiger partial charge in [-0.3, -0.25) is 9.59 Å². The summed E-state index contributed by atoms with van der Waals surface area (Å²) in [6.45, 7) is 2.80. The number of aliphatic hydroxyl groups excluding tert-OH is 1. The molecule has 0 saturated carbocycles. The number of likely N-dealkylation sites (tertiary alicyclic amines) is 1. The third-order valence-electron chi connectivity index (χ3n) is 6.92. The summed E-state index contributed by atoms with van der Waals surface area (Å²) in [5, 5.41) is 11.4. The number of hydrogen-bond donors (Lipinski definition) is 1. The third-order valence-corrected chi connectivity index (χ3v) is 6.92. The van der Waals surface area contributed by atoms with E-state index in [9.17, 15) is 14.7 Å². The first kappa shape index (κ1) is 27.5. The fraction of sp³-hybridized carbons (Fsp3) is 0.176. The van der Waals surface area contributed by atoms with Crippen LogP contribution in [0.1, 0.15) is 35.2 Å². The molecule has 1 saturated heterocycles. The average Bonchev–Trinajstić information content (AvgIpc) is 3.26. The minimum atomic E-state index is -0.848. The van der Waals surface area contributed by atoms with Crippen LogP contribution < -0.4 is 14.2 Å². The lowest BCUT2D eigenvalue weighted by atomic mass is 9.94. The molecular weight excluding hydrogens is 518 g/mol. The highest BCUT2D eigenvalue weighted by Crippen LogP contribution is 2.43. The van der Waals surface area contributed by atoms with Crippen LogP contribution in [-0.4, -0.2) is 35.4 Å². The Bertz CT molecular complexity index is 1550. The van der Waals surface area contributed by atoms with Gasteiger partial charge >= 0.3 is 0 Å². The number of hydrogen-bond acceptors (Lipinski definition) is 6. The number of aliphatic hydroxyl groups is 1. The molecule has 1 atom stereocenters. The van der Waals surface area contributed by atoms with Crippen molar-refractivity contribution in [2.75, 3.05) is 13.7 Å². The number of carbonyl (C=O) groups excluding carboxylic acids is 2. The molecule has 0 bridgehead atoms. The molecule has 1 heterocycles. The molecule has 0 radical (unpaired) electrons. The molecule has 208 valence electrons. The van der Waals surface area contributed by atoms with Crippen LogP contribution in [0.25, 0.3) is 5.76 Å². The standard InChI is InChI=1S/C34H31NO6/c1-3-40-29-20-26(16-19-28(29)41-22-24-12-8-5-9-13-24)31-30(32(36)25-14-17-27(39-2)18-15-25)33(37)34(38)35(31)21-23-10-6-4-7-11-23/h4-20,31,36H,3,21-22H2,1-2H3. The smallest absolute Gasteiger partial charge is 0.295 e. The van der Waals surface area contributed by atoms with Gasteiger partial charge in [-0.2, -0.15) is 0 Å². The van der Waals surface area contributed by atoms with Gasteiger partial charge in [-0.05, 0) is 60.0 Å². The van der Waals surface area contributed by atoms with Crippen molar-refractivity contribution in [3.63, 3.8) is 0 Å². The van der Waals surface area contributed by atoms with Crippen molar-refractivity contribution in [2.24, 2.45) is 0 Å². The topological polar surface area (TPSA) is 85.3 Å². The summed E-state index contributed by atoms with van der Waals surface area (Å²) in [5.74, 6) is -0.0628. The van der Waals surface area contributed by atoms with Gasteiger partial charge in [0.2, 0.25) is 0 Å². The second kappa shape index (κ2) is 12.4. The number of Topliss-reactive ketones (excluding diaryl/α,β-unsaturated/α-hetero) is 1. The van der Waals surface area contributed by atoms with Gasteiger partial charge in [0.05, 0.1) is 25.3 Å². The van der Waals surface area contributed by atoms with Crippen LogP contribution in [0.5, 0.6) is 17.2 Å². The molecule has 5 rings (SSSR count). The summed E-state index contributed by atoms with van der Waals surface area (Å²) < 4.78 is 17.2. The van der Waals surface area contributed by atoms with E-state index in [-0.39, 0.29) is 17.9 Å². The highest BCUT2D eigenvalue weighted by Gasteiger charge is 2.46. The van der Waals surface area contributed by atoms with Gasteiger partial charge in [-0.15, -0.1) is 0 Å². The van der Waals surface area contributed by atoms with Crippen molar-refractivity contribution in [2.45, 2.75) is 26.1 Å². The maximum atomic E-state index is 13.5. The lowest BCUT2D eigenvalue weighted by Crippen LogP contribution is -2.29. The highest BCUT2D eigenvalue weighted by atomic mass is 16.5. The van der Waals surface area contributed by atoms with Crippen LogP contribution in [0.4, 0.5) is 0 Å². The molecule has 7 heteroatoms. The molecule has 1 N–H and O–H groups in total. The van der Waals surface area contributed by atoms with Crippen LogP contribution in [0, 0.1) is 0 Å². The van der Waals surface area contributed by atoms with E-state index in [0.29, 0.717) is 41.6 Å².